The Labute approximate surface area is 127 Å². The van der Waals surface area contributed by atoms with Gasteiger partial charge in [0.1, 0.15) is 11.0 Å². The molecule has 108 valence electrons. The molecule has 5 nitrogen and oxygen atoms in total. The summed E-state index contributed by atoms with van der Waals surface area (Å²) < 4.78 is 27.0. The zero-order valence-electron chi connectivity index (χ0n) is 10.7. The predicted octanol–water partition coefficient (Wildman–Crippen LogP) is 2.50. The van der Waals surface area contributed by atoms with Crippen molar-refractivity contribution >= 4 is 27.3 Å². The van der Waals surface area contributed by atoms with E-state index in [0.29, 0.717) is 11.3 Å². The second kappa shape index (κ2) is 6.14. The number of halogens is 1. The van der Waals surface area contributed by atoms with Crippen molar-refractivity contribution in [2.24, 2.45) is 0 Å². The van der Waals surface area contributed by atoms with Crippen LogP contribution in [0, 0.1) is 11.3 Å². The van der Waals surface area contributed by atoms with E-state index in [4.69, 9.17) is 22.0 Å². The van der Waals surface area contributed by atoms with Gasteiger partial charge >= 0.3 is 0 Å². The van der Waals surface area contributed by atoms with Crippen molar-refractivity contribution in [2.75, 3.05) is 4.72 Å². The summed E-state index contributed by atoms with van der Waals surface area (Å²) in [5.41, 5.74) is 1.01. The number of nitrogens with one attached hydrogen (secondary N) is 1. The third kappa shape index (κ3) is 3.52. The first-order valence-electron chi connectivity index (χ1n) is 5.88. The van der Waals surface area contributed by atoms with E-state index in [1.54, 1.807) is 12.1 Å². The summed E-state index contributed by atoms with van der Waals surface area (Å²) in [6.07, 6.45) is 0. The molecule has 2 aromatic carbocycles. The smallest absolute Gasteiger partial charge is 0.263 e. The fraction of sp³-hybridized carbons (Fsp3) is 0.0714. The Bertz CT molecular complexity index is 796. The third-order valence-electron chi connectivity index (χ3n) is 2.74. The highest BCUT2D eigenvalue weighted by molar-refractivity contribution is 7.92. The van der Waals surface area contributed by atoms with Crippen molar-refractivity contribution in [2.45, 2.75) is 11.5 Å². The molecule has 0 unspecified atom stereocenters. The maximum Gasteiger partial charge on any atom is 0.263 e. The van der Waals surface area contributed by atoms with E-state index >= 15 is 0 Å². The average Bonchev–Trinajstić information content (AvgIpc) is 2.47. The average molecular weight is 323 g/mol. The van der Waals surface area contributed by atoms with Gasteiger partial charge in [0.05, 0.1) is 12.2 Å². The number of hydrogen-bond donors (Lipinski definition) is 2. The molecule has 0 aliphatic carbocycles. The molecule has 0 fully saturated rings. The Morgan fingerprint density at radius 3 is 2.43 bits per heavy atom. The van der Waals surface area contributed by atoms with Crippen molar-refractivity contribution in [3.05, 3.63) is 58.6 Å². The summed E-state index contributed by atoms with van der Waals surface area (Å²) in [7, 11) is -3.92. The molecule has 0 atom stereocenters. The van der Waals surface area contributed by atoms with Crippen LogP contribution in [0.2, 0.25) is 5.02 Å². The molecule has 2 rings (SSSR count). The van der Waals surface area contributed by atoms with Crippen LogP contribution in [0.5, 0.6) is 0 Å². The number of aliphatic hydroxyl groups excluding tert-OH is 1. The summed E-state index contributed by atoms with van der Waals surface area (Å²) in [5, 5.41) is 18.2. The molecule has 0 amide bonds. The van der Waals surface area contributed by atoms with E-state index in [2.05, 4.69) is 4.72 Å². The molecule has 0 bridgehead atoms. The summed E-state index contributed by atoms with van der Waals surface area (Å²) in [4.78, 5) is -0.177. The quantitative estimate of drug-likeness (QED) is 0.905. The van der Waals surface area contributed by atoms with E-state index in [-0.39, 0.29) is 22.1 Å². The molecule has 0 radical (unpaired) electrons. The standard InChI is InChI=1S/C14H11ClN2O3S/c15-12-4-3-11(8-16)14(7-12)21(19,20)17-13-5-1-10(9-18)2-6-13/h1-7,17-18H,9H2. The predicted molar refractivity (Wildman–Crippen MR) is 79.3 cm³/mol. The summed E-state index contributed by atoms with van der Waals surface area (Å²) >= 11 is 5.79. The summed E-state index contributed by atoms with van der Waals surface area (Å²) in [6.45, 7) is -0.125. The first kappa shape index (κ1) is 15.3. The molecule has 0 heterocycles. The maximum atomic E-state index is 12.3. The van der Waals surface area contributed by atoms with Crippen molar-refractivity contribution in [1.29, 1.82) is 5.26 Å². The second-order valence-corrected chi connectivity index (χ2v) is 6.30. The van der Waals surface area contributed by atoms with Crippen molar-refractivity contribution < 1.29 is 13.5 Å². The number of anilines is 1. The lowest BCUT2D eigenvalue weighted by Gasteiger charge is -2.10. The molecule has 7 heteroatoms. The number of hydrogen-bond acceptors (Lipinski definition) is 4. The molecule has 0 aliphatic rings. The molecular formula is C14H11ClN2O3S. The van der Waals surface area contributed by atoms with Gasteiger partial charge in [0.15, 0.2) is 0 Å². The van der Waals surface area contributed by atoms with E-state index in [1.165, 1.54) is 30.3 Å². The molecule has 2 aromatic rings. The van der Waals surface area contributed by atoms with Crippen LogP contribution in [0.25, 0.3) is 0 Å². The molecule has 0 saturated carbocycles. The van der Waals surface area contributed by atoms with Crippen LogP contribution in [0.1, 0.15) is 11.1 Å². The highest BCUT2D eigenvalue weighted by Crippen LogP contribution is 2.23. The van der Waals surface area contributed by atoms with Gasteiger partial charge in [0.25, 0.3) is 10.0 Å². The first-order chi connectivity index (χ1) is 9.96. The zero-order valence-corrected chi connectivity index (χ0v) is 12.3. The van der Waals surface area contributed by atoms with Gasteiger partial charge in [0, 0.05) is 10.7 Å². The molecule has 0 spiro atoms. The van der Waals surface area contributed by atoms with Gasteiger partial charge in [-0.05, 0) is 35.9 Å². The Balaban J connectivity index is 2.38. The lowest BCUT2D eigenvalue weighted by molar-refractivity contribution is 0.282. The number of benzene rings is 2. The van der Waals surface area contributed by atoms with Gasteiger partial charge in [-0.15, -0.1) is 0 Å². The topological polar surface area (TPSA) is 90.2 Å². The summed E-state index contributed by atoms with van der Waals surface area (Å²) in [6, 6.07) is 12.1. The second-order valence-electron chi connectivity index (χ2n) is 4.21. The Hall–Kier alpha value is -2.07. The van der Waals surface area contributed by atoms with Crippen LogP contribution in [0.15, 0.2) is 47.4 Å². The lowest BCUT2D eigenvalue weighted by atomic mass is 10.2. The SMILES string of the molecule is N#Cc1ccc(Cl)cc1S(=O)(=O)Nc1ccc(CO)cc1. The van der Waals surface area contributed by atoms with Gasteiger partial charge in [-0.25, -0.2) is 8.42 Å². The highest BCUT2D eigenvalue weighted by Gasteiger charge is 2.19. The van der Waals surface area contributed by atoms with Crippen LogP contribution in [0.4, 0.5) is 5.69 Å². The normalized spacial score (nSPS) is 10.9. The van der Waals surface area contributed by atoms with E-state index in [1.807, 2.05) is 6.07 Å². The maximum absolute atomic E-state index is 12.3. The zero-order chi connectivity index (χ0) is 15.5. The van der Waals surface area contributed by atoms with Crippen molar-refractivity contribution in [3.8, 4) is 6.07 Å². The van der Waals surface area contributed by atoms with E-state index in [0.717, 1.165) is 0 Å². The van der Waals surface area contributed by atoms with Gasteiger partial charge in [-0.3, -0.25) is 4.72 Å². The fourth-order valence-electron chi connectivity index (χ4n) is 1.70. The lowest BCUT2D eigenvalue weighted by Crippen LogP contribution is -2.14. The minimum atomic E-state index is -3.92. The Morgan fingerprint density at radius 1 is 1.19 bits per heavy atom. The largest absolute Gasteiger partial charge is 0.392 e. The van der Waals surface area contributed by atoms with Gasteiger partial charge < -0.3 is 5.11 Å². The van der Waals surface area contributed by atoms with Gasteiger partial charge in [-0.1, -0.05) is 23.7 Å². The molecular weight excluding hydrogens is 312 g/mol. The monoisotopic (exact) mass is 322 g/mol. The Kier molecular flexibility index (Phi) is 4.48. The number of rotatable bonds is 4. The van der Waals surface area contributed by atoms with Crippen LogP contribution in [0.3, 0.4) is 0 Å². The Morgan fingerprint density at radius 2 is 1.86 bits per heavy atom. The number of aliphatic hydroxyl groups is 1. The third-order valence-corrected chi connectivity index (χ3v) is 4.40. The van der Waals surface area contributed by atoms with Gasteiger partial charge in [0.2, 0.25) is 0 Å². The van der Waals surface area contributed by atoms with Crippen molar-refractivity contribution in [1.82, 2.24) is 0 Å². The molecule has 0 aliphatic heterocycles. The fourth-order valence-corrected chi connectivity index (χ4v) is 3.18. The van der Waals surface area contributed by atoms with Crippen LogP contribution >= 0.6 is 11.6 Å². The molecule has 0 saturated heterocycles. The minimum absolute atomic E-state index is 0.0129. The number of nitriles is 1. The summed E-state index contributed by atoms with van der Waals surface area (Å²) in [5.74, 6) is 0. The van der Waals surface area contributed by atoms with Crippen LogP contribution in [-0.4, -0.2) is 13.5 Å². The minimum Gasteiger partial charge on any atom is -0.392 e. The van der Waals surface area contributed by atoms with E-state index in [9.17, 15) is 8.42 Å². The number of sulfonamides is 1. The highest BCUT2D eigenvalue weighted by atomic mass is 35.5. The van der Waals surface area contributed by atoms with Crippen molar-refractivity contribution in [3.63, 3.8) is 0 Å². The van der Waals surface area contributed by atoms with E-state index < -0.39 is 10.0 Å². The van der Waals surface area contributed by atoms with Gasteiger partial charge in [-0.2, -0.15) is 5.26 Å². The molecule has 2 N–H and O–H groups in total. The molecule has 0 aromatic heterocycles. The molecule has 21 heavy (non-hydrogen) atoms. The number of nitrogens with zero attached hydrogens (tertiary/aromatic N) is 1. The first-order valence-corrected chi connectivity index (χ1v) is 7.74. The van der Waals surface area contributed by atoms with Crippen LogP contribution in [-0.2, 0) is 16.6 Å². The van der Waals surface area contributed by atoms with Crippen LogP contribution < -0.4 is 4.72 Å².